The number of thiazole rings is 1. The third-order valence-electron chi connectivity index (χ3n) is 10.9. The fraction of sp³-hybridized carbons (Fsp3) is 0.590. The van der Waals surface area contributed by atoms with Crippen LogP contribution in [0.4, 0.5) is 0 Å². The Morgan fingerprint density at radius 2 is 1.88 bits per heavy atom. The average molecular weight is 752 g/mol. The lowest BCUT2D eigenvalue weighted by atomic mass is 9.91. The number of hydrogen-bond donors (Lipinski definition) is 2. The van der Waals surface area contributed by atoms with Gasteiger partial charge in [-0.1, -0.05) is 54.5 Å². The number of carbonyl (C=O) groups excluding carboxylic acids is 2. The van der Waals surface area contributed by atoms with Crippen molar-refractivity contribution in [3.8, 4) is 22.2 Å². The zero-order valence-electron chi connectivity index (χ0n) is 31.9. The van der Waals surface area contributed by atoms with Crippen LogP contribution in [0, 0.1) is 18.3 Å². The normalized spacial score (nSPS) is 23.8. The first-order valence-corrected chi connectivity index (χ1v) is 20.6. The Kier molecular flexibility index (Phi) is 9.95. The Labute approximate surface area is 312 Å². The summed E-state index contributed by atoms with van der Waals surface area (Å²) in [6.45, 7) is 20.2. The molecule has 3 fully saturated rings. The largest absolute Gasteiger partial charge is 0.496 e. The van der Waals surface area contributed by atoms with Crippen molar-refractivity contribution in [2.75, 3.05) is 13.7 Å². The van der Waals surface area contributed by atoms with Gasteiger partial charge in [0.05, 0.1) is 35.2 Å². The molecule has 3 aliphatic rings. The highest BCUT2D eigenvalue weighted by molar-refractivity contribution is 7.91. The number of nitrogens with one attached hydrogen (secondary N) is 2. The van der Waals surface area contributed by atoms with E-state index in [1.807, 2.05) is 58.2 Å². The second-order valence-corrected chi connectivity index (χ2v) is 19.7. The van der Waals surface area contributed by atoms with Gasteiger partial charge >= 0.3 is 0 Å². The molecule has 2 aromatic heterocycles. The fourth-order valence-electron chi connectivity index (χ4n) is 7.16. The molecule has 282 valence electrons. The van der Waals surface area contributed by atoms with Crippen molar-refractivity contribution in [1.82, 2.24) is 24.9 Å². The van der Waals surface area contributed by atoms with Crippen molar-refractivity contribution in [2.24, 2.45) is 11.3 Å². The van der Waals surface area contributed by atoms with Gasteiger partial charge in [0, 0.05) is 40.9 Å². The van der Waals surface area contributed by atoms with E-state index in [4.69, 9.17) is 19.4 Å². The maximum atomic E-state index is 14.3. The van der Waals surface area contributed by atoms with Crippen molar-refractivity contribution in [2.45, 2.75) is 122 Å². The molecule has 52 heavy (non-hydrogen) atoms. The van der Waals surface area contributed by atoms with Gasteiger partial charge in [-0.3, -0.25) is 14.3 Å². The summed E-state index contributed by atoms with van der Waals surface area (Å²) >= 11 is 1.53. The summed E-state index contributed by atoms with van der Waals surface area (Å²) in [5.74, 6) is 1.10. The molecule has 11 nitrogen and oxygen atoms in total. The van der Waals surface area contributed by atoms with Crippen LogP contribution in [-0.4, -0.2) is 71.2 Å². The van der Waals surface area contributed by atoms with Crippen molar-refractivity contribution in [1.29, 1.82) is 0 Å². The number of carbonyl (C=O) groups is 2. The van der Waals surface area contributed by atoms with Gasteiger partial charge in [0.15, 0.2) is 0 Å². The second kappa shape index (κ2) is 13.6. The maximum absolute atomic E-state index is 14.3. The molecule has 0 spiro atoms. The molecule has 0 bridgehead atoms. The van der Waals surface area contributed by atoms with Crippen LogP contribution < -0.4 is 19.5 Å². The number of methoxy groups -OCH3 is 1. The average Bonchev–Trinajstić information content (AvgIpc) is 3.84. The van der Waals surface area contributed by atoms with Gasteiger partial charge in [-0.15, -0.1) is 11.3 Å². The summed E-state index contributed by atoms with van der Waals surface area (Å²) in [4.78, 5) is 39.7. The number of rotatable bonds is 13. The SMILES string of the molecule is C=C(NS(=O)(=O)C1(C)CC1)C1(NC(=O)C2CC(Oc3cc(-c4nc(C(C)C)cs4)nc4c(C)c(OC)ccc34)CN2C(=O)CC(C)(C)C)CC1CC. The summed E-state index contributed by atoms with van der Waals surface area (Å²) in [6.07, 6.45) is 2.49. The van der Waals surface area contributed by atoms with E-state index in [2.05, 4.69) is 30.5 Å². The summed E-state index contributed by atoms with van der Waals surface area (Å²) in [5, 5.41) is 6.79. The summed E-state index contributed by atoms with van der Waals surface area (Å²) < 4.78 is 40.6. The first-order valence-electron chi connectivity index (χ1n) is 18.3. The highest BCUT2D eigenvalue weighted by Gasteiger charge is 2.60. The van der Waals surface area contributed by atoms with Crippen molar-refractivity contribution < 1.29 is 27.5 Å². The Hall–Kier alpha value is -3.71. The van der Waals surface area contributed by atoms with Gasteiger partial charge in [-0.05, 0) is 62.5 Å². The molecule has 2 saturated carbocycles. The van der Waals surface area contributed by atoms with Crippen molar-refractivity contribution >= 4 is 44.1 Å². The summed E-state index contributed by atoms with van der Waals surface area (Å²) in [5.41, 5.74) is 2.31. The fourth-order valence-corrected chi connectivity index (χ4v) is 9.50. The summed E-state index contributed by atoms with van der Waals surface area (Å²) in [6, 6.07) is 4.89. The van der Waals surface area contributed by atoms with Crippen LogP contribution in [0.25, 0.3) is 21.6 Å². The first kappa shape index (κ1) is 38.0. The molecule has 2 aliphatic carbocycles. The van der Waals surface area contributed by atoms with Crippen molar-refractivity contribution in [3.05, 3.63) is 47.1 Å². The van der Waals surface area contributed by atoms with E-state index in [0.29, 0.717) is 36.5 Å². The quantitative estimate of drug-likeness (QED) is 0.193. The number of amides is 2. The molecule has 4 atom stereocenters. The monoisotopic (exact) mass is 751 g/mol. The standard InChI is InChI=1S/C39H53N5O6S2/c1-11-25-18-39(25,24(5)43-52(47,48)38(9)14-15-38)42-35(46)30-16-26(20-44(30)33(45)19-37(6,7)8)50-32-17-28(36-41-29(21-51-36)22(2)3)40-34-23(4)31(49-10)13-12-27(32)34/h12-13,17,21-22,25-26,30,43H,5,11,14-16,18-20H2,1-4,6-10H3,(H,42,46). The van der Waals surface area contributed by atoms with E-state index in [0.717, 1.165) is 33.6 Å². The Bertz CT molecular complexity index is 2010. The van der Waals surface area contributed by atoms with E-state index >= 15 is 0 Å². The molecule has 4 unspecified atom stereocenters. The van der Waals surface area contributed by atoms with E-state index in [1.54, 1.807) is 18.9 Å². The smallest absolute Gasteiger partial charge is 0.243 e. The lowest BCUT2D eigenvalue weighted by Gasteiger charge is -2.30. The molecule has 6 rings (SSSR count). The van der Waals surface area contributed by atoms with Crippen LogP contribution in [0.3, 0.4) is 0 Å². The third kappa shape index (κ3) is 7.27. The van der Waals surface area contributed by atoms with Crippen LogP contribution in [0.15, 0.2) is 35.9 Å². The highest BCUT2D eigenvalue weighted by Crippen LogP contribution is 2.51. The van der Waals surface area contributed by atoms with E-state index in [9.17, 15) is 18.0 Å². The van der Waals surface area contributed by atoms with Gasteiger partial charge in [-0.2, -0.15) is 0 Å². The molecule has 1 saturated heterocycles. The van der Waals surface area contributed by atoms with Crippen LogP contribution in [0.1, 0.15) is 104 Å². The predicted molar refractivity (Wildman–Crippen MR) is 205 cm³/mol. The highest BCUT2D eigenvalue weighted by atomic mass is 32.2. The molecule has 3 aromatic rings. The molecule has 2 amide bonds. The molecule has 1 aliphatic heterocycles. The number of benzene rings is 1. The minimum Gasteiger partial charge on any atom is -0.496 e. The second-order valence-electron chi connectivity index (χ2n) is 16.6. The lowest BCUT2D eigenvalue weighted by molar-refractivity contribution is -0.140. The number of ether oxygens (including phenoxy) is 2. The van der Waals surface area contributed by atoms with Gasteiger partial charge in [-0.25, -0.2) is 18.4 Å². The van der Waals surface area contributed by atoms with Crippen LogP contribution >= 0.6 is 11.3 Å². The molecular formula is C39H53N5O6S2. The third-order valence-corrected chi connectivity index (χ3v) is 14.0. The number of aromatic nitrogens is 2. The number of sulfonamides is 1. The van der Waals surface area contributed by atoms with Gasteiger partial charge in [0.2, 0.25) is 21.8 Å². The number of likely N-dealkylation sites (tertiary alicyclic amines) is 1. The zero-order valence-corrected chi connectivity index (χ0v) is 33.5. The van der Waals surface area contributed by atoms with Crippen molar-refractivity contribution in [3.63, 3.8) is 0 Å². The maximum Gasteiger partial charge on any atom is 0.243 e. The molecule has 13 heteroatoms. The van der Waals surface area contributed by atoms with Crippen LogP contribution in [0.5, 0.6) is 11.5 Å². The topological polar surface area (TPSA) is 140 Å². The molecule has 1 aromatic carbocycles. The predicted octanol–water partition coefficient (Wildman–Crippen LogP) is 6.85. The Balaban J connectivity index is 1.31. The summed E-state index contributed by atoms with van der Waals surface area (Å²) in [7, 11) is -2.03. The van der Waals surface area contributed by atoms with Gasteiger partial charge in [0.25, 0.3) is 0 Å². The van der Waals surface area contributed by atoms with Gasteiger partial charge < -0.3 is 19.7 Å². The lowest BCUT2D eigenvalue weighted by Crippen LogP contribution is -2.53. The number of fused-ring (bicyclic) bond motifs is 1. The van der Waals surface area contributed by atoms with Crippen LogP contribution in [-0.2, 0) is 19.6 Å². The van der Waals surface area contributed by atoms with E-state index in [1.165, 1.54) is 11.3 Å². The number of aryl methyl sites for hydroxylation is 1. The molecule has 0 radical (unpaired) electrons. The molecular weight excluding hydrogens is 699 g/mol. The Morgan fingerprint density at radius 1 is 1.17 bits per heavy atom. The van der Waals surface area contributed by atoms with E-state index < -0.39 is 32.5 Å². The zero-order chi connectivity index (χ0) is 38.0. The molecule has 2 N–H and O–H groups in total. The minimum absolute atomic E-state index is 0.0229. The van der Waals surface area contributed by atoms with Crippen LogP contribution in [0.2, 0.25) is 0 Å². The number of pyridine rings is 1. The van der Waals surface area contributed by atoms with E-state index in [-0.39, 0.29) is 54.1 Å². The first-order chi connectivity index (χ1) is 24.3. The molecule has 3 heterocycles. The minimum atomic E-state index is -3.66. The number of nitrogens with zero attached hydrogens (tertiary/aromatic N) is 3. The number of hydrogen-bond acceptors (Lipinski definition) is 9. The Morgan fingerprint density at radius 3 is 2.46 bits per heavy atom. The van der Waals surface area contributed by atoms with Gasteiger partial charge in [0.1, 0.15) is 34.3 Å².